The van der Waals surface area contributed by atoms with E-state index in [2.05, 4.69) is 66.9 Å². The molecule has 2 aliphatic carbocycles. The first-order chi connectivity index (χ1) is 56.2. The molecule has 117 heavy (non-hydrogen) atoms. The second-order valence-electron chi connectivity index (χ2n) is 31.4. The summed E-state index contributed by atoms with van der Waals surface area (Å²) in [6, 6.07) is 30.9. The molecule has 3 aliphatic heterocycles. The molecule has 4 unspecified atom stereocenters. The number of carbonyl (C=O) groups excluding carboxylic acids is 5. The lowest BCUT2D eigenvalue weighted by Gasteiger charge is -2.39. The van der Waals surface area contributed by atoms with Crippen LogP contribution in [-0.2, 0) is 56.9 Å². The molecule has 5 heterocycles. The summed E-state index contributed by atoms with van der Waals surface area (Å²) in [5.74, 6) is -0.817. The Balaban J connectivity index is 0.555. The van der Waals surface area contributed by atoms with Crippen molar-refractivity contribution in [3.8, 4) is 5.75 Å². The maximum absolute atomic E-state index is 14.6. The van der Waals surface area contributed by atoms with Crippen molar-refractivity contribution in [2.75, 3.05) is 121 Å². The number of allylic oxidation sites excluding steroid dienone is 1. The van der Waals surface area contributed by atoms with Crippen LogP contribution in [0.2, 0.25) is 5.02 Å². The van der Waals surface area contributed by atoms with Crippen molar-refractivity contribution in [1.82, 2.24) is 54.9 Å². The number of aromatic nitrogens is 4. The number of hydrogen-bond donors (Lipinski definition) is 4. The zero-order chi connectivity index (χ0) is 82.9. The quantitative estimate of drug-likeness (QED) is 0.0160. The monoisotopic (exact) mass is 1710 g/mol. The Labute approximate surface area is 696 Å². The lowest BCUT2D eigenvalue weighted by Crippen LogP contribution is -2.55. The van der Waals surface area contributed by atoms with Gasteiger partial charge in [0.2, 0.25) is 23.5 Å². The molecular formula is C84H105ClF3N13O12S4. The van der Waals surface area contributed by atoms with E-state index in [1.165, 1.54) is 51.9 Å². The van der Waals surface area contributed by atoms with Crippen LogP contribution >= 0.6 is 34.7 Å². The number of amides is 4. The van der Waals surface area contributed by atoms with E-state index in [4.69, 9.17) is 30.8 Å². The number of likely N-dealkylation sites (N-methyl/N-ethyl adjacent to an activating group) is 1. The van der Waals surface area contributed by atoms with Crippen LogP contribution in [0.25, 0.3) is 5.57 Å². The topological polar surface area (TPSA) is 289 Å². The van der Waals surface area contributed by atoms with E-state index >= 15 is 0 Å². The molecule has 0 bridgehead atoms. The average Bonchev–Trinajstić information content (AvgIpc) is 1.45. The first-order valence-electron chi connectivity index (χ1n) is 40.2. The predicted molar refractivity (Wildman–Crippen MR) is 446 cm³/mol. The molecule has 3 saturated heterocycles. The predicted octanol–water partition coefficient (Wildman–Crippen LogP) is 12.4. The Morgan fingerprint density at radius 3 is 2.23 bits per heavy atom. The number of benzene rings is 5. The van der Waals surface area contributed by atoms with Gasteiger partial charge < -0.3 is 44.9 Å². The lowest BCUT2D eigenvalue weighted by atomic mass is 9.73. The molecule has 33 heteroatoms. The first-order valence-corrected chi connectivity index (χ1v) is 45.5. The standard InChI is InChI=1S/C84H105ClF3N13O12S4/c1-58(89-4)79(104)92-77(60-14-7-5-8-15-60)82(106)101-36-12-20-74(101)81-91-73(57-115-81)78(103)62-16-11-17-68(50-62)113-49-48-111-46-47-112-55-66-54-100(95-93-66)35-13-21-76(102)99-44-38-96(39-45-99)37-33-65(56-114-69-18-9-6-10-19-69)90-72-31-30-70(51-75(72)116(107,108)84(86,87)88)117(109,110)94-80(105)61-24-28-67(29-25-61)98-42-40-97(41-43-98)53-63-52-83(2,3)34-32-71(63)59-22-26-64(85)27-23-59/h6,9-11,16-19,22-31,50-51,54,57-58,60,65,74,77,89-90H,5,7-8,12-15,20-21,32-49,52-53,55-56H2,1-4H3,(H,92,104)(H,94,105). The highest BCUT2D eigenvalue weighted by atomic mass is 35.5. The number of carbonyl (C=O) groups is 5. The number of rotatable bonds is 37. The molecule has 5 aliphatic rings. The molecule has 1 saturated carbocycles. The van der Waals surface area contributed by atoms with Gasteiger partial charge in [0.05, 0.1) is 55.3 Å². The molecule has 2 aromatic heterocycles. The number of sulfonamides is 1. The fourth-order valence-electron chi connectivity index (χ4n) is 15.7. The highest BCUT2D eigenvalue weighted by Crippen LogP contribution is 2.44. The van der Waals surface area contributed by atoms with Crippen LogP contribution in [0.15, 0.2) is 153 Å². The summed E-state index contributed by atoms with van der Waals surface area (Å²) in [5.41, 5.74) is -0.00538. The van der Waals surface area contributed by atoms with Gasteiger partial charge in [-0.05, 0) is 173 Å². The van der Waals surface area contributed by atoms with E-state index in [0.29, 0.717) is 111 Å². The maximum atomic E-state index is 14.6. The van der Waals surface area contributed by atoms with Crippen LogP contribution in [-0.4, -0.2) is 221 Å². The van der Waals surface area contributed by atoms with Gasteiger partial charge in [0.15, 0.2) is 0 Å². The third-order valence-electron chi connectivity index (χ3n) is 22.5. The number of aryl methyl sites for hydroxylation is 1. The van der Waals surface area contributed by atoms with E-state index < -0.39 is 64.9 Å². The van der Waals surface area contributed by atoms with Crippen LogP contribution < -0.4 is 30.3 Å². The van der Waals surface area contributed by atoms with Gasteiger partial charge in [-0.3, -0.25) is 38.5 Å². The first kappa shape index (κ1) is 88.0. The highest BCUT2D eigenvalue weighted by Gasteiger charge is 2.49. The van der Waals surface area contributed by atoms with E-state index in [1.807, 2.05) is 52.1 Å². The van der Waals surface area contributed by atoms with Crippen LogP contribution in [0.1, 0.15) is 153 Å². The molecule has 4 N–H and O–H groups in total. The van der Waals surface area contributed by atoms with Crippen LogP contribution in [0.5, 0.6) is 5.75 Å². The Morgan fingerprint density at radius 1 is 0.769 bits per heavy atom. The summed E-state index contributed by atoms with van der Waals surface area (Å²) >= 11 is 9.00. The minimum absolute atomic E-state index is 0.0329. The van der Waals surface area contributed by atoms with Crippen molar-refractivity contribution in [3.05, 3.63) is 177 Å². The molecule has 0 radical (unpaired) electrons. The highest BCUT2D eigenvalue weighted by molar-refractivity contribution is 7.99. The molecule has 12 rings (SSSR count). The Bertz CT molecular complexity index is 4810. The summed E-state index contributed by atoms with van der Waals surface area (Å²) in [5, 5.41) is 20.6. The molecule has 630 valence electrons. The number of thioether (sulfide) groups is 1. The lowest BCUT2D eigenvalue weighted by molar-refractivity contribution is -0.139. The van der Waals surface area contributed by atoms with Gasteiger partial charge in [-0.25, -0.2) is 26.5 Å². The van der Waals surface area contributed by atoms with Gasteiger partial charge in [-0.15, -0.1) is 28.2 Å². The normalized spacial score (nSPS) is 18.2. The molecular weight excluding hydrogens is 1600 g/mol. The van der Waals surface area contributed by atoms with Crippen molar-refractivity contribution in [2.24, 2.45) is 11.3 Å². The average molecular weight is 1710 g/mol. The van der Waals surface area contributed by atoms with Crippen LogP contribution in [0, 0.1) is 11.3 Å². The SMILES string of the molecule is CNC(C)C(=O)NC(C(=O)N1CCCC1c1nc(C(=O)c2cccc(OCCOCCOCc3cn(CCCC(=O)N4CCN(CCC(CSc5ccccc5)Nc5ccc(S(=O)(=O)NC(=O)c6ccc(N7CCN(CC8=C(c9ccc(Cl)cc9)CCC(C)(C)C8)CC7)cc6)cc5S(=O)(=O)C(F)(F)F)CC4)nn3)c2)cs1)C1CCCCC1. The molecule has 25 nitrogen and oxygen atoms in total. The zero-order valence-corrected chi connectivity index (χ0v) is 70.6. The van der Waals surface area contributed by atoms with Crippen molar-refractivity contribution in [2.45, 2.75) is 162 Å². The second-order valence-corrected chi connectivity index (χ2v) is 37.4. The molecule has 4 fully saturated rings. The zero-order valence-electron chi connectivity index (χ0n) is 66.6. The summed E-state index contributed by atoms with van der Waals surface area (Å²) < 4.78 is 120. The molecule has 5 aromatic carbocycles. The number of piperazine rings is 2. The number of sulfone groups is 1. The van der Waals surface area contributed by atoms with E-state index in [1.54, 1.807) is 71.5 Å². The fourth-order valence-corrected chi connectivity index (χ4v) is 19.8. The van der Waals surface area contributed by atoms with Crippen molar-refractivity contribution < 1.29 is 68.2 Å². The second kappa shape index (κ2) is 40.6. The van der Waals surface area contributed by atoms with E-state index in [0.717, 1.165) is 100 Å². The van der Waals surface area contributed by atoms with Crippen molar-refractivity contribution >= 4 is 101 Å². The number of ketones is 1. The Kier molecular flexibility index (Phi) is 30.6. The minimum Gasteiger partial charge on any atom is -0.491 e. The summed E-state index contributed by atoms with van der Waals surface area (Å²) in [4.78, 5) is 82.1. The number of halogens is 4. The van der Waals surface area contributed by atoms with Gasteiger partial charge in [-0.2, -0.15) is 13.2 Å². The number of anilines is 2. The minimum atomic E-state index is -6.17. The number of thiazole rings is 1. The van der Waals surface area contributed by atoms with Gasteiger partial charge in [0, 0.05) is 129 Å². The van der Waals surface area contributed by atoms with Crippen LogP contribution in [0.3, 0.4) is 0 Å². The summed E-state index contributed by atoms with van der Waals surface area (Å²) in [7, 11) is -9.39. The number of nitrogens with one attached hydrogen (secondary N) is 4. The Hall–Kier alpha value is -8.31. The molecule has 4 amide bonds. The maximum Gasteiger partial charge on any atom is 0.501 e. The smallest absolute Gasteiger partial charge is 0.491 e. The molecule has 7 aromatic rings. The molecule has 4 atom stereocenters. The van der Waals surface area contributed by atoms with Crippen molar-refractivity contribution in [3.63, 3.8) is 0 Å². The Morgan fingerprint density at radius 2 is 1.50 bits per heavy atom. The summed E-state index contributed by atoms with van der Waals surface area (Å²) in [6.45, 7) is 14.7. The van der Waals surface area contributed by atoms with Crippen LogP contribution in [0.4, 0.5) is 24.5 Å². The third kappa shape index (κ3) is 23.8. The van der Waals surface area contributed by atoms with Gasteiger partial charge >= 0.3 is 5.51 Å². The number of nitrogens with zero attached hydrogens (tertiary/aromatic N) is 9. The van der Waals surface area contributed by atoms with Gasteiger partial charge in [0.25, 0.3) is 25.8 Å². The number of likely N-dealkylation sites (tertiary alicyclic amines) is 1. The largest absolute Gasteiger partial charge is 0.501 e. The van der Waals surface area contributed by atoms with Gasteiger partial charge in [0.1, 0.15) is 39.7 Å². The summed E-state index contributed by atoms with van der Waals surface area (Å²) in [6.07, 6.45) is 12.4. The molecule has 0 spiro atoms. The van der Waals surface area contributed by atoms with E-state index in [9.17, 15) is 54.0 Å². The number of alkyl halides is 3. The third-order valence-corrected chi connectivity index (χ3v) is 27.7. The number of ether oxygens (including phenoxy) is 3. The van der Waals surface area contributed by atoms with Gasteiger partial charge in [-0.1, -0.05) is 98.0 Å². The number of hydrogen-bond acceptors (Lipinski definition) is 22. The van der Waals surface area contributed by atoms with Crippen molar-refractivity contribution in [1.29, 1.82) is 0 Å². The van der Waals surface area contributed by atoms with E-state index in [-0.39, 0.29) is 97.3 Å². The fraction of sp³-hybridized carbons (Fsp3) is 0.500.